The van der Waals surface area contributed by atoms with Gasteiger partial charge in [-0.05, 0) is 0 Å². The molecule has 0 bridgehead atoms. The number of nitrogens with one attached hydrogen (secondary N) is 3. The Morgan fingerprint density at radius 1 is 0.654 bits per heavy atom. The smallest absolute Gasteiger partial charge is 0.221 e. The van der Waals surface area contributed by atoms with Gasteiger partial charge in [0.05, 0.1) is 18.6 Å². The maximum absolute atomic E-state index is 14.3. The first kappa shape index (κ1) is 18.6. The van der Waals surface area contributed by atoms with E-state index in [0.29, 0.717) is 16.3 Å². The van der Waals surface area contributed by atoms with Crippen molar-refractivity contribution in [1.29, 1.82) is 0 Å². The van der Waals surface area contributed by atoms with E-state index in [-0.39, 0.29) is 17.8 Å². The molecule has 0 aromatic carbocycles. The number of hydrogen-bond acceptors (Lipinski definition) is 4. The zero-order valence-electron chi connectivity index (χ0n) is 16.2. The summed E-state index contributed by atoms with van der Waals surface area (Å²) in [5.41, 5.74) is 1.75. The van der Waals surface area contributed by atoms with Crippen molar-refractivity contribution in [1.82, 2.24) is 29.9 Å². The van der Waals surface area contributed by atoms with Gasteiger partial charge < -0.3 is 19.5 Å². The summed E-state index contributed by atoms with van der Waals surface area (Å²) in [4.78, 5) is 23.0. The van der Waals surface area contributed by atoms with Crippen LogP contribution >= 0.6 is 7.14 Å². The van der Waals surface area contributed by atoms with Crippen LogP contribution in [0.25, 0.3) is 0 Å². The van der Waals surface area contributed by atoms with E-state index in [4.69, 9.17) is 0 Å². The molecule has 0 aliphatic heterocycles. The van der Waals surface area contributed by atoms with Crippen LogP contribution in [0.3, 0.4) is 0 Å². The Labute approximate surface area is 153 Å². The van der Waals surface area contributed by atoms with E-state index in [1.807, 2.05) is 41.5 Å². The molecule has 140 valence electrons. The van der Waals surface area contributed by atoms with Gasteiger partial charge in [0, 0.05) is 17.8 Å². The lowest BCUT2D eigenvalue weighted by Crippen LogP contribution is -2.28. The Morgan fingerprint density at radius 3 is 1.12 bits per heavy atom. The van der Waals surface area contributed by atoms with Crippen LogP contribution in [0.1, 0.15) is 76.8 Å². The van der Waals surface area contributed by atoms with Gasteiger partial charge in [-0.1, -0.05) is 41.5 Å². The monoisotopic (exact) mass is 374 g/mol. The molecule has 0 radical (unpaired) electrons. The highest BCUT2D eigenvalue weighted by Crippen LogP contribution is 2.41. The van der Waals surface area contributed by atoms with Gasteiger partial charge in [-0.25, -0.2) is 15.0 Å². The van der Waals surface area contributed by atoms with E-state index in [0.717, 1.165) is 17.5 Å². The van der Waals surface area contributed by atoms with Gasteiger partial charge in [0.2, 0.25) is 7.14 Å². The quantitative estimate of drug-likeness (QED) is 0.577. The number of aromatic nitrogens is 6. The van der Waals surface area contributed by atoms with Crippen molar-refractivity contribution < 1.29 is 4.57 Å². The van der Waals surface area contributed by atoms with Gasteiger partial charge in [0.25, 0.3) is 0 Å². The molecule has 8 heteroatoms. The van der Waals surface area contributed by atoms with Gasteiger partial charge in [0.15, 0.2) is 0 Å². The predicted octanol–water partition coefficient (Wildman–Crippen LogP) is 2.87. The Balaban J connectivity index is 2.17. The lowest BCUT2D eigenvalue weighted by atomic mass is 10.2. The fourth-order valence-corrected chi connectivity index (χ4v) is 4.98. The average Bonchev–Trinajstić information content (AvgIpc) is 3.33. The SMILES string of the molecule is CC(C)c1ncc(P(=O)(c2cnc(C(C)C)[nH]2)c2cnc(C(C)C)[nH]2)[nH]1. The summed E-state index contributed by atoms with van der Waals surface area (Å²) in [5.74, 6) is 3.10. The first-order chi connectivity index (χ1) is 12.2. The summed E-state index contributed by atoms with van der Waals surface area (Å²) in [6.07, 6.45) is 5.01. The summed E-state index contributed by atoms with van der Waals surface area (Å²) in [5, 5.41) is 0. The molecule has 3 aromatic heterocycles. The summed E-state index contributed by atoms with van der Waals surface area (Å²) in [6.45, 7) is 12.3. The van der Waals surface area contributed by atoms with Crippen LogP contribution in [0, 0.1) is 0 Å². The van der Waals surface area contributed by atoms with Crippen LogP contribution in [-0.4, -0.2) is 29.9 Å². The van der Waals surface area contributed by atoms with Gasteiger partial charge in [-0.15, -0.1) is 0 Å². The highest BCUT2D eigenvalue weighted by atomic mass is 31.2. The second-order valence-electron chi connectivity index (χ2n) is 7.53. The first-order valence-corrected chi connectivity index (χ1v) is 10.7. The first-order valence-electron chi connectivity index (χ1n) is 8.99. The molecule has 26 heavy (non-hydrogen) atoms. The van der Waals surface area contributed by atoms with E-state index in [2.05, 4.69) is 29.9 Å². The molecule has 3 rings (SSSR count). The molecule has 0 aliphatic rings. The van der Waals surface area contributed by atoms with Crippen molar-refractivity contribution in [2.24, 2.45) is 0 Å². The molecule has 0 atom stereocenters. The zero-order valence-corrected chi connectivity index (χ0v) is 17.1. The zero-order chi connectivity index (χ0) is 19.1. The fraction of sp³-hybridized carbons (Fsp3) is 0.500. The Kier molecular flexibility index (Phi) is 4.93. The summed E-state index contributed by atoms with van der Waals surface area (Å²) >= 11 is 0. The Bertz CT molecular complexity index is 814. The highest BCUT2D eigenvalue weighted by Gasteiger charge is 2.36. The van der Waals surface area contributed by atoms with Gasteiger partial charge in [0.1, 0.15) is 33.8 Å². The summed E-state index contributed by atoms with van der Waals surface area (Å²) < 4.78 is 14.3. The summed E-state index contributed by atoms with van der Waals surface area (Å²) in [7, 11) is -3.19. The number of imidazole rings is 3. The van der Waals surface area contributed by atoms with Crippen molar-refractivity contribution in [3.63, 3.8) is 0 Å². The van der Waals surface area contributed by atoms with E-state index < -0.39 is 7.14 Å². The maximum Gasteiger partial charge on any atom is 0.221 e. The van der Waals surface area contributed by atoms with Crippen molar-refractivity contribution >= 4 is 23.4 Å². The number of nitrogens with zero attached hydrogens (tertiary/aromatic N) is 3. The topological polar surface area (TPSA) is 103 Å². The molecule has 3 aromatic rings. The molecule has 0 saturated carbocycles. The van der Waals surface area contributed by atoms with Crippen LogP contribution in [0.4, 0.5) is 0 Å². The van der Waals surface area contributed by atoms with Crippen LogP contribution in [-0.2, 0) is 4.57 Å². The molecule has 0 saturated heterocycles. The molecule has 3 N–H and O–H groups in total. The number of rotatable bonds is 6. The predicted molar refractivity (Wildman–Crippen MR) is 105 cm³/mol. The highest BCUT2D eigenvalue weighted by molar-refractivity contribution is 7.84. The molecule has 0 spiro atoms. The maximum atomic E-state index is 14.3. The minimum Gasteiger partial charge on any atom is -0.339 e. The molecule has 3 heterocycles. The molecule has 0 amide bonds. The summed E-state index contributed by atoms with van der Waals surface area (Å²) in [6, 6.07) is 0. The number of hydrogen-bond donors (Lipinski definition) is 3. The Morgan fingerprint density at radius 2 is 0.923 bits per heavy atom. The number of H-pyrrole nitrogens is 3. The van der Waals surface area contributed by atoms with Crippen LogP contribution in [0.2, 0.25) is 0 Å². The molecule has 0 fully saturated rings. The fourth-order valence-electron chi connectivity index (χ4n) is 2.73. The molecular weight excluding hydrogens is 347 g/mol. The molecule has 0 aliphatic carbocycles. The van der Waals surface area contributed by atoms with E-state index in [1.165, 1.54) is 0 Å². The van der Waals surface area contributed by atoms with Crippen molar-refractivity contribution in [3.05, 3.63) is 36.1 Å². The van der Waals surface area contributed by atoms with Gasteiger partial charge in [-0.3, -0.25) is 0 Å². The second-order valence-corrected chi connectivity index (χ2v) is 10.2. The molecule has 0 unspecified atom stereocenters. The number of aromatic amines is 3. The van der Waals surface area contributed by atoms with E-state index in [1.54, 1.807) is 18.6 Å². The van der Waals surface area contributed by atoms with Crippen molar-refractivity contribution in [2.75, 3.05) is 0 Å². The van der Waals surface area contributed by atoms with Crippen LogP contribution in [0.15, 0.2) is 18.6 Å². The molecular formula is C18H27N6OP. The van der Waals surface area contributed by atoms with Gasteiger partial charge in [-0.2, -0.15) is 0 Å². The third-order valence-electron chi connectivity index (χ3n) is 4.40. The Hall–Kier alpha value is -2.14. The van der Waals surface area contributed by atoms with Crippen molar-refractivity contribution in [3.8, 4) is 0 Å². The largest absolute Gasteiger partial charge is 0.339 e. The minimum atomic E-state index is -3.19. The minimum absolute atomic E-state index is 0.221. The van der Waals surface area contributed by atoms with Crippen LogP contribution in [0.5, 0.6) is 0 Å². The lowest BCUT2D eigenvalue weighted by molar-refractivity contribution is 0.591. The van der Waals surface area contributed by atoms with E-state index in [9.17, 15) is 4.57 Å². The lowest BCUT2D eigenvalue weighted by Gasteiger charge is -2.14. The van der Waals surface area contributed by atoms with E-state index >= 15 is 0 Å². The van der Waals surface area contributed by atoms with Gasteiger partial charge >= 0.3 is 0 Å². The third kappa shape index (κ3) is 3.16. The van der Waals surface area contributed by atoms with Crippen LogP contribution < -0.4 is 16.3 Å². The standard InChI is InChI=1S/C18H27N6OP/c1-10(2)16-19-7-13(22-16)26(25,14-8-20-17(23-14)11(3)4)15-9-21-18(24-15)12(5)6/h7-12H,1-6H3,(H,19,22)(H,20,23)(H,21,24). The third-order valence-corrected chi connectivity index (χ3v) is 7.12. The molecule has 7 nitrogen and oxygen atoms in total. The second kappa shape index (κ2) is 6.88. The van der Waals surface area contributed by atoms with Crippen molar-refractivity contribution in [2.45, 2.75) is 59.3 Å². The normalized spacial score (nSPS) is 12.7. The average molecular weight is 374 g/mol.